The second-order valence-electron chi connectivity index (χ2n) is 2.98. The summed E-state index contributed by atoms with van der Waals surface area (Å²) >= 11 is 0. The lowest BCUT2D eigenvalue weighted by atomic mass is 10.2. The number of hydrogen-bond donors (Lipinski definition) is 1. The van der Waals surface area contributed by atoms with Crippen LogP contribution < -0.4 is 14.8 Å². The summed E-state index contributed by atoms with van der Waals surface area (Å²) in [6.45, 7) is -0.267. The van der Waals surface area contributed by atoms with Gasteiger partial charge in [-0.15, -0.1) is 0 Å². The quantitative estimate of drug-likeness (QED) is 0.480. The van der Waals surface area contributed by atoms with Crippen LogP contribution in [0.5, 0.6) is 11.5 Å². The fraction of sp³-hybridized carbons (Fsp3) is 0.300. The molecule has 0 fully saturated rings. The number of carbonyl (C=O) groups is 1. The number of ether oxygens (including phenoxy) is 2. The first kappa shape index (κ1) is 12.7. The molecule has 0 aromatic heterocycles. The minimum Gasteiger partial charge on any atom is -0.493 e. The molecular formula is C10H12N4O3. The van der Waals surface area contributed by atoms with Gasteiger partial charge in [-0.25, -0.2) is 0 Å². The molecule has 0 saturated carbocycles. The van der Waals surface area contributed by atoms with Gasteiger partial charge in [0, 0.05) is 4.91 Å². The Balaban J connectivity index is 2.90. The van der Waals surface area contributed by atoms with E-state index in [4.69, 9.17) is 15.0 Å². The van der Waals surface area contributed by atoms with Crippen molar-refractivity contribution in [3.8, 4) is 11.5 Å². The summed E-state index contributed by atoms with van der Waals surface area (Å²) in [4.78, 5) is 13.9. The van der Waals surface area contributed by atoms with E-state index in [-0.39, 0.29) is 6.54 Å². The summed E-state index contributed by atoms with van der Waals surface area (Å²) in [7, 11) is 2.98. The molecular weight excluding hydrogens is 224 g/mol. The highest BCUT2D eigenvalue weighted by Crippen LogP contribution is 2.34. The summed E-state index contributed by atoms with van der Waals surface area (Å²) in [5.41, 5.74) is 8.56. The third-order valence-corrected chi connectivity index (χ3v) is 1.95. The van der Waals surface area contributed by atoms with Crippen molar-refractivity contribution < 1.29 is 14.3 Å². The van der Waals surface area contributed by atoms with Crippen molar-refractivity contribution in [3.05, 3.63) is 28.6 Å². The number of nitrogens with one attached hydrogen (secondary N) is 1. The number of azide groups is 1. The first-order valence-corrected chi connectivity index (χ1v) is 4.74. The Bertz CT molecular complexity index is 455. The number of nitrogens with zero attached hydrogens (tertiary/aromatic N) is 3. The van der Waals surface area contributed by atoms with Crippen LogP contribution >= 0.6 is 0 Å². The summed E-state index contributed by atoms with van der Waals surface area (Å²) < 4.78 is 10.2. The summed E-state index contributed by atoms with van der Waals surface area (Å²) in [6.07, 6.45) is 0. The van der Waals surface area contributed by atoms with E-state index in [0.717, 1.165) is 0 Å². The van der Waals surface area contributed by atoms with E-state index in [0.29, 0.717) is 17.2 Å². The lowest BCUT2D eigenvalue weighted by Crippen LogP contribution is -2.15. The van der Waals surface area contributed by atoms with Crippen molar-refractivity contribution in [3.63, 3.8) is 0 Å². The van der Waals surface area contributed by atoms with Crippen LogP contribution in [0.1, 0.15) is 0 Å². The number of amides is 1. The molecule has 7 nitrogen and oxygen atoms in total. The third-order valence-electron chi connectivity index (χ3n) is 1.95. The Kier molecular flexibility index (Phi) is 4.65. The van der Waals surface area contributed by atoms with Crippen LogP contribution in [-0.4, -0.2) is 26.7 Å². The zero-order valence-electron chi connectivity index (χ0n) is 9.51. The predicted octanol–water partition coefficient (Wildman–Crippen LogP) is 1.95. The second kappa shape index (κ2) is 6.24. The molecule has 90 valence electrons. The number of hydrogen-bond acceptors (Lipinski definition) is 4. The van der Waals surface area contributed by atoms with Crippen molar-refractivity contribution in [2.24, 2.45) is 5.11 Å². The Morgan fingerprint density at radius 1 is 1.47 bits per heavy atom. The maximum atomic E-state index is 11.4. The molecule has 0 aliphatic carbocycles. The first-order chi connectivity index (χ1) is 8.22. The van der Waals surface area contributed by atoms with Crippen molar-refractivity contribution in [2.45, 2.75) is 0 Å². The zero-order valence-corrected chi connectivity index (χ0v) is 9.51. The molecule has 0 saturated heterocycles. The van der Waals surface area contributed by atoms with Crippen LogP contribution in [0, 0.1) is 0 Å². The third kappa shape index (κ3) is 3.29. The van der Waals surface area contributed by atoms with Crippen LogP contribution in [0.4, 0.5) is 5.69 Å². The van der Waals surface area contributed by atoms with Gasteiger partial charge in [-0.3, -0.25) is 4.79 Å². The standard InChI is InChI=1S/C10H12N4O3/c1-16-8-5-3-4-7(10(8)17-2)13-9(15)6-12-14-11/h3-5H,6H2,1-2H3,(H,13,15). The number of anilines is 1. The van der Waals surface area contributed by atoms with E-state index in [9.17, 15) is 4.79 Å². The van der Waals surface area contributed by atoms with Crippen LogP contribution in [0.2, 0.25) is 0 Å². The molecule has 0 spiro atoms. The first-order valence-electron chi connectivity index (χ1n) is 4.74. The topological polar surface area (TPSA) is 96.3 Å². The Morgan fingerprint density at radius 2 is 2.24 bits per heavy atom. The largest absolute Gasteiger partial charge is 0.493 e. The number of para-hydroxylation sites is 1. The minimum absolute atomic E-state index is 0.267. The molecule has 1 aromatic carbocycles. The van der Waals surface area contributed by atoms with Crippen LogP contribution in [0.3, 0.4) is 0 Å². The van der Waals surface area contributed by atoms with E-state index in [1.165, 1.54) is 14.2 Å². The van der Waals surface area contributed by atoms with Crippen molar-refractivity contribution in [2.75, 3.05) is 26.1 Å². The van der Waals surface area contributed by atoms with Crippen LogP contribution in [0.15, 0.2) is 23.3 Å². The van der Waals surface area contributed by atoms with Gasteiger partial charge in [-0.1, -0.05) is 11.2 Å². The molecule has 0 unspecified atom stereocenters. The number of carbonyl (C=O) groups excluding carboxylic acids is 1. The summed E-state index contributed by atoms with van der Waals surface area (Å²) in [5.74, 6) is 0.507. The monoisotopic (exact) mass is 236 g/mol. The average molecular weight is 236 g/mol. The minimum atomic E-state index is -0.422. The van der Waals surface area contributed by atoms with Crippen molar-refractivity contribution in [1.82, 2.24) is 0 Å². The molecule has 1 rings (SSSR count). The van der Waals surface area contributed by atoms with Gasteiger partial charge in [0.05, 0.1) is 19.9 Å². The number of methoxy groups -OCH3 is 2. The van der Waals surface area contributed by atoms with Gasteiger partial charge in [-0.2, -0.15) is 0 Å². The maximum Gasteiger partial charge on any atom is 0.230 e. The summed E-state index contributed by atoms with van der Waals surface area (Å²) in [6, 6.07) is 5.09. The molecule has 7 heteroatoms. The number of rotatable bonds is 5. The van der Waals surface area contributed by atoms with Crippen molar-refractivity contribution in [1.29, 1.82) is 0 Å². The predicted molar refractivity (Wildman–Crippen MR) is 62.2 cm³/mol. The highest BCUT2D eigenvalue weighted by molar-refractivity contribution is 5.94. The Morgan fingerprint density at radius 3 is 2.82 bits per heavy atom. The molecule has 0 heterocycles. The SMILES string of the molecule is COc1cccc(NC(=O)CN=[N+]=[N-])c1OC. The molecule has 1 aromatic rings. The van der Waals surface area contributed by atoms with Gasteiger partial charge in [0.25, 0.3) is 0 Å². The highest BCUT2D eigenvalue weighted by Gasteiger charge is 2.11. The Labute approximate surface area is 98.0 Å². The normalized spacial score (nSPS) is 9.06. The molecule has 17 heavy (non-hydrogen) atoms. The molecule has 0 bridgehead atoms. The van der Waals surface area contributed by atoms with Crippen LogP contribution in [-0.2, 0) is 4.79 Å². The summed E-state index contributed by atoms with van der Waals surface area (Å²) in [5, 5.41) is 5.72. The molecule has 0 atom stereocenters. The van der Waals surface area contributed by atoms with Gasteiger partial charge >= 0.3 is 0 Å². The van der Waals surface area contributed by atoms with E-state index in [1.807, 2.05) is 0 Å². The lowest BCUT2D eigenvalue weighted by molar-refractivity contribution is -0.114. The molecule has 1 N–H and O–H groups in total. The smallest absolute Gasteiger partial charge is 0.230 e. The van der Waals surface area contributed by atoms with E-state index < -0.39 is 5.91 Å². The highest BCUT2D eigenvalue weighted by atomic mass is 16.5. The fourth-order valence-electron chi connectivity index (χ4n) is 1.27. The second-order valence-corrected chi connectivity index (χ2v) is 2.98. The molecule has 0 aliphatic rings. The van der Waals surface area contributed by atoms with Gasteiger partial charge < -0.3 is 14.8 Å². The van der Waals surface area contributed by atoms with Gasteiger partial charge in [0.2, 0.25) is 5.91 Å². The van der Waals surface area contributed by atoms with E-state index in [2.05, 4.69) is 15.3 Å². The molecule has 0 radical (unpaired) electrons. The average Bonchev–Trinajstić information content (AvgIpc) is 2.35. The Hall–Kier alpha value is -2.40. The van der Waals surface area contributed by atoms with E-state index >= 15 is 0 Å². The van der Waals surface area contributed by atoms with Gasteiger partial charge in [-0.05, 0) is 17.7 Å². The van der Waals surface area contributed by atoms with Crippen molar-refractivity contribution >= 4 is 11.6 Å². The van der Waals surface area contributed by atoms with Crippen LogP contribution in [0.25, 0.3) is 10.4 Å². The van der Waals surface area contributed by atoms with Gasteiger partial charge in [0.1, 0.15) is 6.54 Å². The lowest BCUT2D eigenvalue weighted by Gasteiger charge is -2.12. The number of benzene rings is 1. The molecule has 0 aliphatic heterocycles. The molecule has 1 amide bonds. The fourth-order valence-corrected chi connectivity index (χ4v) is 1.27. The maximum absolute atomic E-state index is 11.4. The van der Waals surface area contributed by atoms with Gasteiger partial charge in [0.15, 0.2) is 11.5 Å². The van der Waals surface area contributed by atoms with E-state index in [1.54, 1.807) is 18.2 Å². The zero-order chi connectivity index (χ0) is 12.7.